The molecule has 7 nitrogen and oxygen atoms in total. The lowest BCUT2D eigenvalue weighted by Gasteiger charge is -2.12. The molecular weight excluding hydrogens is 456 g/mol. The lowest BCUT2D eigenvalue weighted by atomic mass is 10.1. The van der Waals surface area contributed by atoms with Gasteiger partial charge in [-0.2, -0.15) is 5.10 Å². The average molecular weight is 469 g/mol. The summed E-state index contributed by atoms with van der Waals surface area (Å²) in [5.74, 6) is -2.05. The summed E-state index contributed by atoms with van der Waals surface area (Å²) in [6.07, 6.45) is -4.89. The third-order valence-corrected chi connectivity index (χ3v) is 4.82. The summed E-state index contributed by atoms with van der Waals surface area (Å²) < 4.78 is 56.8. The largest absolute Gasteiger partial charge is 0.573 e. The van der Waals surface area contributed by atoms with Crippen LogP contribution in [-0.4, -0.2) is 46.1 Å². The van der Waals surface area contributed by atoms with Gasteiger partial charge in [-0.3, -0.25) is 9.59 Å². The Morgan fingerprint density at radius 3 is 2.59 bits per heavy atom. The zero-order chi connectivity index (χ0) is 23.0. The highest BCUT2D eigenvalue weighted by molar-refractivity contribution is 6.30. The first kappa shape index (κ1) is 21.6. The smallest absolute Gasteiger partial charge is 0.406 e. The molecule has 0 unspecified atom stereocenters. The second kappa shape index (κ2) is 8.15. The number of hydrogen-bond donors (Lipinski definition) is 1. The molecule has 1 aliphatic rings. The van der Waals surface area contributed by atoms with Gasteiger partial charge in [-0.25, -0.2) is 9.07 Å². The van der Waals surface area contributed by atoms with Crippen molar-refractivity contribution in [2.75, 3.05) is 13.2 Å². The zero-order valence-corrected chi connectivity index (χ0v) is 16.7. The molecule has 0 spiro atoms. The number of nitrogens with one attached hydrogen (secondary N) is 1. The van der Waals surface area contributed by atoms with Gasteiger partial charge in [-0.1, -0.05) is 23.7 Å². The summed E-state index contributed by atoms with van der Waals surface area (Å²) in [5.41, 5.74) is 0.666. The lowest BCUT2D eigenvalue weighted by molar-refractivity contribution is -0.274. The van der Waals surface area contributed by atoms with Gasteiger partial charge in [0.25, 0.3) is 5.91 Å². The molecule has 0 bridgehead atoms. The Balaban J connectivity index is 1.80. The first-order valence-electron chi connectivity index (χ1n) is 9.08. The van der Waals surface area contributed by atoms with Gasteiger partial charge in [-0.05, 0) is 36.4 Å². The molecule has 166 valence electrons. The number of benzene rings is 2. The molecule has 0 atom stereocenters. The molecule has 3 aromatic rings. The minimum atomic E-state index is -4.89. The first-order valence-corrected chi connectivity index (χ1v) is 9.46. The van der Waals surface area contributed by atoms with Crippen LogP contribution < -0.4 is 10.1 Å². The summed E-state index contributed by atoms with van der Waals surface area (Å²) in [7, 11) is 0. The molecule has 1 aromatic heterocycles. The van der Waals surface area contributed by atoms with Gasteiger partial charge in [0.05, 0.1) is 23.1 Å². The van der Waals surface area contributed by atoms with E-state index in [2.05, 4.69) is 15.2 Å². The summed E-state index contributed by atoms with van der Waals surface area (Å²) in [6, 6.07) is 10.2. The van der Waals surface area contributed by atoms with Gasteiger partial charge in [-0.15, -0.1) is 13.2 Å². The van der Waals surface area contributed by atoms with E-state index in [1.807, 2.05) is 0 Å². The number of amides is 2. The summed E-state index contributed by atoms with van der Waals surface area (Å²) in [6.45, 7) is -0.157. The number of ether oxygens (including phenoxy) is 1. The highest BCUT2D eigenvalue weighted by Gasteiger charge is 2.31. The number of halogens is 5. The topological polar surface area (TPSA) is 76.5 Å². The maximum Gasteiger partial charge on any atom is 0.573 e. The maximum atomic E-state index is 13.6. The minimum absolute atomic E-state index is 0.00283. The normalized spacial score (nSPS) is 13.9. The van der Waals surface area contributed by atoms with E-state index in [0.717, 1.165) is 18.2 Å². The van der Waals surface area contributed by atoms with Crippen LogP contribution in [0.1, 0.15) is 10.5 Å². The fourth-order valence-corrected chi connectivity index (χ4v) is 3.31. The molecular formula is C20H13ClF4N4O3. The molecule has 2 heterocycles. The second-order valence-electron chi connectivity index (χ2n) is 6.76. The van der Waals surface area contributed by atoms with Crippen molar-refractivity contribution in [1.82, 2.24) is 20.0 Å². The molecule has 1 saturated heterocycles. The van der Waals surface area contributed by atoms with Crippen molar-refractivity contribution in [3.05, 3.63) is 65.1 Å². The quantitative estimate of drug-likeness (QED) is 0.592. The monoisotopic (exact) mass is 468 g/mol. The Labute approximate surface area is 183 Å². The van der Waals surface area contributed by atoms with Crippen LogP contribution in [0.3, 0.4) is 0 Å². The van der Waals surface area contributed by atoms with E-state index in [1.165, 1.54) is 39.9 Å². The van der Waals surface area contributed by atoms with Crippen molar-refractivity contribution in [3.8, 4) is 22.7 Å². The number of alkyl halides is 3. The number of rotatable bonds is 4. The Hall–Kier alpha value is -3.60. The van der Waals surface area contributed by atoms with Crippen LogP contribution in [0.15, 0.2) is 48.5 Å². The second-order valence-corrected chi connectivity index (χ2v) is 7.17. The summed E-state index contributed by atoms with van der Waals surface area (Å²) >= 11 is 5.87. The summed E-state index contributed by atoms with van der Waals surface area (Å²) in [5, 5.41) is 6.53. The maximum absolute atomic E-state index is 13.6. The Bertz CT molecular complexity index is 1210. The van der Waals surface area contributed by atoms with Crippen molar-refractivity contribution >= 4 is 23.4 Å². The Kier molecular flexibility index (Phi) is 5.51. The molecule has 0 radical (unpaired) electrons. The molecule has 2 aromatic carbocycles. The van der Waals surface area contributed by atoms with Gasteiger partial charge in [0, 0.05) is 5.56 Å². The van der Waals surface area contributed by atoms with E-state index in [1.54, 1.807) is 0 Å². The molecule has 12 heteroatoms. The van der Waals surface area contributed by atoms with E-state index in [-0.39, 0.29) is 46.8 Å². The Morgan fingerprint density at radius 1 is 1.16 bits per heavy atom. The predicted molar refractivity (Wildman–Crippen MR) is 105 cm³/mol. The van der Waals surface area contributed by atoms with E-state index in [4.69, 9.17) is 11.6 Å². The standard InChI is InChI=1S/C20H13ClF4N4O3/c21-14-7-12(4-5-15(14)22)29-17(11-2-1-3-13(6-11)32-20(23,24)25)8-16(27-29)19(31)28-9-18(30)26-10-28/h1-8H,9-10H2,(H,26,30). The van der Waals surface area contributed by atoms with Crippen LogP contribution in [0.4, 0.5) is 17.6 Å². The number of carbonyl (C=O) groups is 2. The lowest BCUT2D eigenvalue weighted by Crippen LogP contribution is -2.30. The van der Waals surface area contributed by atoms with Gasteiger partial charge in [0.15, 0.2) is 5.69 Å². The van der Waals surface area contributed by atoms with Crippen molar-refractivity contribution in [2.24, 2.45) is 0 Å². The van der Waals surface area contributed by atoms with Crippen LogP contribution in [0.5, 0.6) is 5.75 Å². The highest BCUT2D eigenvalue weighted by Crippen LogP contribution is 2.31. The average Bonchev–Trinajstić information content (AvgIpc) is 3.35. The van der Waals surface area contributed by atoms with Gasteiger partial charge in [0.1, 0.15) is 18.1 Å². The highest BCUT2D eigenvalue weighted by atomic mass is 35.5. The number of aromatic nitrogens is 2. The van der Waals surface area contributed by atoms with E-state index in [9.17, 15) is 27.2 Å². The van der Waals surface area contributed by atoms with Crippen molar-refractivity contribution < 1.29 is 31.9 Å². The first-order chi connectivity index (χ1) is 15.1. The van der Waals surface area contributed by atoms with E-state index in [0.29, 0.717) is 0 Å². The number of carbonyl (C=O) groups excluding carboxylic acids is 2. The van der Waals surface area contributed by atoms with Crippen LogP contribution in [0.2, 0.25) is 5.02 Å². The SMILES string of the molecule is O=C1CN(C(=O)c2cc(-c3cccc(OC(F)(F)F)c3)n(-c3ccc(F)c(Cl)c3)n2)CN1. The third kappa shape index (κ3) is 4.52. The van der Waals surface area contributed by atoms with Crippen LogP contribution in [0, 0.1) is 5.82 Å². The minimum Gasteiger partial charge on any atom is -0.406 e. The van der Waals surface area contributed by atoms with E-state index < -0.39 is 23.8 Å². The van der Waals surface area contributed by atoms with Crippen molar-refractivity contribution in [3.63, 3.8) is 0 Å². The van der Waals surface area contributed by atoms with Crippen LogP contribution >= 0.6 is 11.6 Å². The van der Waals surface area contributed by atoms with Crippen LogP contribution in [0.25, 0.3) is 16.9 Å². The fraction of sp³-hybridized carbons (Fsp3) is 0.150. The van der Waals surface area contributed by atoms with Crippen LogP contribution in [-0.2, 0) is 4.79 Å². The van der Waals surface area contributed by atoms with Crippen molar-refractivity contribution in [2.45, 2.75) is 6.36 Å². The fourth-order valence-electron chi connectivity index (χ4n) is 3.13. The molecule has 1 aliphatic heterocycles. The van der Waals surface area contributed by atoms with Gasteiger partial charge < -0.3 is 15.0 Å². The molecule has 0 aliphatic carbocycles. The summed E-state index contributed by atoms with van der Waals surface area (Å²) in [4.78, 5) is 25.5. The predicted octanol–water partition coefficient (Wildman–Crippen LogP) is 3.76. The zero-order valence-electron chi connectivity index (χ0n) is 16.0. The molecule has 1 N–H and O–H groups in total. The third-order valence-electron chi connectivity index (χ3n) is 4.53. The number of hydrogen-bond acceptors (Lipinski definition) is 4. The molecule has 1 fully saturated rings. The van der Waals surface area contributed by atoms with E-state index >= 15 is 0 Å². The molecule has 4 rings (SSSR count). The number of nitrogens with zero attached hydrogens (tertiary/aromatic N) is 3. The van der Waals surface area contributed by atoms with Crippen molar-refractivity contribution in [1.29, 1.82) is 0 Å². The van der Waals surface area contributed by atoms with Gasteiger partial charge >= 0.3 is 6.36 Å². The molecule has 32 heavy (non-hydrogen) atoms. The Morgan fingerprint density at radius 2 is 1.94 bits per heavy atom. The van der Waals surface area contributed by atoms with Gasteiger partial charge in [0.2, 0.25) is 5.91 Å². The molecule has 0 saturated carbocycles. The molecule has 2 amide bonds.